The third kappa shape index (κ3) is 3.83. The topological polar surface area (TPSA) is 100 Å². The van der Waals surface area contributed by atoms with Crippen LogP contribution in [0.5, 0.6) is 23.0 Å². The third-order valence-corrected chi connectivity index (χ3v) is 3.78. The van der Waals surface area contributed by atoms with Crippen LogP contribution in [0.25, 0.3) is 11.6 Å². The highest BCUT2D eigenvalue weighted by Crippen LogP contribution is 2.39. The molecule has 26 heavy (non-hydrogen) atoms. The molecule has 0 fully saturated rings. The van der Waals surface area contributed by atoms with Gasteiger partial charge in [0.15, 0.2) is 11.5 Å². The van der Waals surface area contributed by atoms with Crippen LogP contribution < -0.4 is 24.7 Å². The lowest BCUT2D eigenvalue weighted by Crippen LogP contribution is -2.04. The van der Waals surface area contributed by atoms with Gasteiger partial charge in [-0.3, -0.25) is 0 Å². The number of hydrogen-bond acceptors (Lipinski definition) is 6. The van der Waals surface area contributed by atoms with E-state index in [-0.39, 0.29) is 5.57 Å². The van der Waals surface area contributed by atoms with Crippen LogP contribution in [0.2, 0.25) is 0 Å². The van der Waals surface area contributed by atoms with E-state index < -0.39 is 5.97 Å². The minimum Gasteiger partial charge on any atom is -0.497 e. The predicted molar refractivity (Wildman–Crippen MR) is 99.0 cm³/mol. The minimum atomic E-state index is -1.13. The van der Waals surface area contributed by atoms with E-state index in [0.717, 1.165) is 0 Å². The van der Waals surface area contributed by atoms with Crippen LogP contribution in [0.3, 0.4) is 0 Å². The van der Waals surface area contributed by atoms with Crippen LogP contribution in [-0.2, 0) is 4.79 Å². The van der Waals surface area contributed by atoms with Crippen molar-refractivity contribution in [3.8, 4) is 23.0 Å². The van der Waals surface area contributed by atoms with Crippen LogP contribution in [0.1, 0.15) is 11.1 Å². The van der Waals surface area contributed by atoms with E-state index in [0.29, 0.717) is 39.8 Å². The van der Waals surface area contributed by atoms with E-state index in [1.807, 2.05) is 0 Å². The lowest BCUT2D eigenvalue weighted by molar-refractivity contribution is -0.130. The molecule has 0 bridgehead atoms. The molecule has 0 aliphatic heterocycles. The van der Waals surface area contributed by atoms with E-state index in [9.17, 15) is 9.90 Å². The van der Waals surface area contributed by atoms with Gasteiger partial charge in [0.2, 0.25) is 5.75 Å². The molecule has 0 aliphatic carbocycles. The fourth-order valence-electron chi connectivity index (χ4n) is 2.50. The van der Waals surface area contributed by atoms with Crippen LogP contribution in [-0.4, -0.2) is 39.5 Å². The Balaban J connectivity index is 2.65. The Bertz CT molecular complexity index is 819. The molecule has 2 aromatic carbocycles. The Morgan fingerprint density at radius 3 is 2.04 bits per heavy atom. The summed E-state index contributed by atoms with van der Waals surface area (Å²) in [4.78, 5) is 11.8. The molecule has 0 amide bonds. The van der Waals surface area contributed by atoms with Gasteiger partial charge in [-0.05, 0) is 42.0 Å². The van der Waals surface area contributed by atoms with Crippen molar-refractivity contribution in [3.63, 3.8) is 0 Å². The first-order valence-electron chi connectivity index (χ1n) is 7.64. The molecule has 7 heteroatoms. The van der Waals surface area contributed by atoms with Crippen LogP contribution in [0, 0.1) is 0 Å². The standard InChI is InChI=1S/C19H21NO6/c1-23-12-5-6-15(20)13(10-12)14(19(21)22)7-11-8-16(24-2)18(26-4)17(9-11)25-3/h5-10H,20H2,1-4H3,(H,21,22)/b14-7-. The van der Waals surface area contributed by atoms with E-state index in [4.69, 9.17) is 24.7 Å². The first-order valence-corrected chi connectivity index (χ1v) is 7.64. The molecule has 0 spiro atoms. The van der Waals surface area contributed by atoms with Crippen molar-refractivity contribution in [2.45, 2.75) is 0 Å². The van der Waals surface area contributed by atoms with Crippen molar-refractivity contribution in [3.05, 3.63) is 41.5 Å². The van der Waals surface area contributed by atoms with Gasteiger partial charge in [-0.25, -0.2) is 4.79 Å². The summed E-state index contributed by atoms with van der Waals surface area (Å²) in [6.07, 6.45) is 1.48. The summed E-state index contributed by atoms with van der Waals surface area (Å²) in [5.74, 6) is 0.637. The number of nitrogen functional groups attached to an aromatic ring is 1. The van der Waals surface area contributed by atoms with E-state index >= 15 is 0 Å². The van der Waals surface area contributed by atoms with Gasteiger partial charge in [-0.2, -0.15) is 0 Å². The Hall–Kier alpha value is -3.35. The summed E-state index contributed by atoms with van der Waals surface area (Å²) in [6.45, 7) is 0. The van der Waals surface area contributed by atoms with Gasteiger partial charge >= 0.3 is 5.97 Å². The number of benzene rings is 2. The number of carboxylic acid groups (broad SMARTS) is 1. The maximum absolute atomic E-state index is 11.8. The van der Waals surface area contributed by atoms with Crippen LogP contribution in [0.15, 0.2) is 30.3 Å². The molecular formula is C19H21NO6. The lowest BCUT2D eigenvalue weighted by Gasteiger charge is -2.14. The smallest absolute Gasteiger partial charge is 0.336 e. The number of hydrogen-bond donors (Lipinski definition) is 2. The molecule has 0 saturated heterocycles. The molecule has 0 atom stereocenters. The van der Waals surface area contributed by atoms with Crippen LogP contribution in [0.4, 0.5) is 5.69 Å². The quantitative estimate of drug-likeness (QED) is 0.445. The van der Waals surface area contributed by atoms with Crippen molar-refractivity contribution in [1.82, 2.24) is 0 Å². The number of ether oxygens (including phenoxy) is 4. The summed E-state index contributed by atoms with van der Waals surface area (Å²) < 4.78 is 21.0. The number of aliphatic carboxylic acids is 1. The molecule has 7 nitrogen and oxygen atoms in total. The number of carboxylic acids is 1. The second-order valence-corrected chi connectivity index (χ2v) is 5.28. The van der Waals surface area contributed by atoms with E-state index in [2.05, 4.69) is 0 Å². The molecule has 138 valence electrons. The highest BCUT2D eigenvalue weighted by Gasteiger charge is 2.17. The lowest BCUT2D eigenvalue weighted by atomic mass is 10.0. The fourth-order valence-corrected chi connectivity index (χ4v) is 2.50. The first kappa shape index (κ1) is 19.0. The van der Waals surface area contributed by atoms with Gasteiger partial charge in [-0.15, -0.1) is 0 Å². The maximum Gasteiger partial charge on any atom is 0.336 e. The van der Waals surface area contributed by atoms with Crippen molar-refractivity contribution >= 4 is 23.3 Å². The van der Waals surface area contributed by atoms with Crippen molar-refractivity contribution in [2.75, 3.05) is 34.2 Å². The first-order chi connectivity index (χ1) is 12.4. The predicted octanol–water partition coefficient (Wildman–Crippen LogP) is 2.93. The molecule has 0 aliphatic rings. The van der Waals surface area contributed by atoms with Gasteiger partial charge < -0.3 is 29.8 Å². The van der Waals surface area contributed by atoms with Crippen molar-refractivity contribution < 1.29 is 28.8 Å². The molecule has 2 rings (SSSR count). The molecule has 3 N–H and O–H groups in total. The minimum absolute atomic E-state index is 0.00988. The Morgan fingerprint density at radius 2 is 1.58 bits per heavy atom. The second-order valence-electron chi connectivity index (χ2n) is 5.28. The van der Waals surface area contributed by atoms with Gasteiger partial charge in [-0.1, -0.05) is 0 Å². The maximum atomic E-state index is 11.8. The number of rotatable bonds is 7. The van der Waals surface area contributed by atoms with E-state index in [1.165, 1.54) is 34.5 Å². The molecule has 0 saturated carbocycles. The normalized spacial score (nSPS) is 11.0. The molecule has 0 aromatic heterocycles. The number of anilines is 1. The fraction of sp³-hybridized carbons (Fsp3) is 0.211. The molecule has 2 aromatic rings. The monoisotopic (exact) mass is 359 g/mol. The molecule has 0 unspecified atom stereocenters. The zero-order chi connectivity index (χ0) is 19.3. The number of nitrogens with two attached hydrogens (primary N) is 1. The van der Waals surface area contributed by atoms with E-state index in [1.54, 1.807) is 30.3 Å². The van der Waals surface area contributed by atoms with Crippen LogP contribution >= 0.6 is 0 Å². The molecule has 0 radical (unpaired) electrons. The summed E-state index contributed by atoms with van der Waals surface area (Å²) in [5, 5.41) is 9.68. The SMILES string of the molecule is COc1ccc(N)c(/C(=C/c2cc(OC)c(OC)c(OC)c2)C(=O)O)c1. The number of methoxy groups -OCH3 is 4. The van der Waals surface area contributed by atoms with Crippen molar-refractivity contribution in [1.29, 1.82) is 0 Å². The highest BCUT2D eigenvalue weighted by atomic mass is 16.5. The Labute approximate surface area is 151 Å². The summed E-state index contributed by atoms with van der Waals surface area (Å²) in [7, 11) is 5.97. The van der Waals surface area contributed by atoms with Gasteiger partial charge in [0.05, 0.1) is 34.0 Å². The molecule has 0 heterocycles. The average Bonchev–Trinajstić information content (AvgIpc) is 2.65. The van der Waals surface area contributed by atoms with Gasteiger partial charge in [0.25, 0.3) is 0 Å². The van der Waals surface area contributed by atoms with Crippen molar-refractivity contribution in [2.24, 2.45) is 0 Å². The zero-order valence-corrected chi connectivity index (χ0v) is 15.0. The highest BCUT2D eigenvalue weighted by molar-refractivity contribution is 6.22. The summed E-state index contributed by atoms with van der Waals surface area (Å²) in [6, 6.07) is 8.15. The molecular weight excluding hydrogens is 338 g/mol. The Kier molecular flexibility index (Phi) is 5.95. The number of carbonyl (C=O) groups is 1. The largest absolute Gasteiger partial charge is 0.497 e. The van der Waals surface area contributed by atoms with Gasteiger partial charge in [0, 0.05) is 11.3 Å². The second kappa shape index (κ2) is 8.15. The summed E-state index contributed by atoms with van der Waals surface area (Å²) in [5.41, 5.74) is 7.21. The summed E-state index contributed by atoms with van der Waals surface area (Å²) >= 11 is 0. The third-order valence-electron chi connectivity index (χ3n) is 3.78. The average molecular weight is 359 g/mol. The zero-order valence-electron chi connectivity index (χ0n) is 15.0. The van der Waals surface area contributed by atoms with Gasteiger partial charge in [0.1, 0.15) is 5.75 Å². The Morgan fingerprint density at radius 1 is 0.962 bits per heavy atom.